The molecule has 1 aromatic rings. The van der Waals surface area contributed by atoms with Crippen LogP contribution in [-0.4, -0.2) is 11.9 Å². The minimum Gasteiger partial charge on any atom is -0.349 e. The van der Waals surface area contributed by atoms with Crippen LogP contribution in [-0.2, 0) is 0 Å². The second kappa shape index (κ2) is 5.64. The minimum atomic E-state index is -0.475. The van der Waals surface area contributed by atoms with Crippen LogP contribution in [0.5, 0.6) is 0 Å². The van der Waals surface area contributed by atoms with E-state index in [0.29, 0.717) is 5.92 Å². The third kappa shape index (κ3) is 3.65. The van der Waals surface area contributed by atoms with Gasteiger partial charge in [-0.05, 0) is 31.4 Å². The lowest BCUT2D eigenvalue weighted by Crippen LogP contribution is -2.33. The first-order valence-corrected chi connectivity index (χ1v) is 5.56. The SMILES string of the molecule is CC(C)C[C@@H](C)NC(=O)c1ccccc1F. The van der Waals surface area contributed by atoms with Crippen LogP contribution in [0.2, 0.25) is 0 Å². The van der Waals surface area contributed by atoms with E-state index in [1.54, 1.807) is 12.1 Å². The Morgan fingerprint density at radius 2 is 1.94 bits per heavy atom. The normalized spacial score (nSPS) is 12.6. The topological polar surface area (TPSA) is 29.1 Å². The molecule has 1 N–H and O–H groups in total. The van der Waals surface area contributed by atoms with Crippen molar-refractivity contribution in [2.75, 3.05) is 0 Å². The molecule has 0 saturated heterocycles. The third-order valence-corrected chi connectivity index (χ3v) is 2.32. The Morgan fingerprint density at radius 3 is 2.50 bits per heavy atom. The highest BCUT2D eigenvalue weighted by Crippen LogP contribution is 2.08. The van der Waals surface area contributed by atoms with E-state index in [2.05, 4.69) is 19.2 Å². The van der Waals surface area contributed by atoms with Gasteiger partial charge in [-0.1, -0.05) is 26.0 Å². The summed E-state index contributed by atoms with van der Waals surface area (Å²) in [4.78, 5) is 11.7. The van der Waals surface area contributed by atoms with Crippen LogP contribution in [0, 0.1) is 11.7 Å². The Morgan fingerprint density at radius 1 is 1.31 bits per heavy atom. The van der Waals surface area contributed by atoms with E-state index in [4.69, 9.17) is 0 Å². The fourth-order valence-electron chi connectivity index (χ4n) is 1.71. The molecule has 0 aliphatic carbocycles. The standard InChI is InChI=1S/C13H18FNO/c1-9(2)8-10(3)15-13(16)11-6-4-5-7-12(11)14/h4-7,9-10H,8H2,1-3H3,(H,15,16)/t10-/m1/s1. The number of hydrogen-bond donors (Lipinski definition) is 1. The molecule has 2 nitrogen and oxygen atoms in total. The lowest BCUT2D eigenvalue weighted by molar-refractivity contribution is 0.0932. The first-order valence-electron chi connectivity index (χ1n) is 5.56. The zero-order valence-electron chi connectivity index (χ0n) is 9.96. The quantitative estimate of drug-likeness (QED) is 0.835. The summed E-state index contributed by atoms with van der Waals surface area (Å²) in [6.45, 7) is 6.11. The summed E-state index contributed by atoms with van der Waals surface area (Å²) < 4.78 is 13.3. The first-order chi connectivity index (χ1) is 7.50. The number of hydrogen-bond acceptors (Lipinski definition) is 1. The highest BCUT2D eigenvalue weighted by Gasteiger charge is 2.13. The molecule has 1 amide bonds. The van der Waals surface area contributed by atoms with Crippen molar-refractivity contribution in [3.05, 3.63) is 35.6 Å². The van der Waals surface area contributed by atoms with E-state index in [1.807, 2.05) is 6.92 Å². The molecule has 88 valence electrons. The Hall–Kier alpha value is -1.38. The predicted octanol–water partition coefficient (Wildman–Crippen LogP) is 2.99. The van der Waals surface area contributed by atoms with Crippen LogP contribution in [0.25, 0.3) is 0 Å². The molecule has 0 fully saturated rings. The van der Waals surface area contributed by atoms with E-state index in [-0.39, 0.29) is 17.5 Å². The maximum atomic E-state index is 13.3. The van der Waals surface area contributed by atoms with Crippen molar-refractivity contribution >= 4 is 5.91 Å². The van der Waals surface area contributed by atoms with Crippen molar-refractivity contribution in [2.45, 2.75) is 33.2 Å². The van der Waals surface area contributed by atoms with E-state index in [9.17, 15) is 9.18 Å². The lowest BCUT2D eigenvalue weighted by atomic mass is 10.0. The van der Waals surface area contributed by atoms with E-state index in [1.165, 1.54) is 12.1 Å². The fraction of sp³-hybridized carbons (Fsp3) is 0.462. The molecule has 16 heavy (non-hydrogen) atoms. The molecule has 1 atom stereocenters. The van der Waals surface area contributed by atoms with Crippen molar-refractivity contribution in [2.24, 2.45) is 5.92 Å². The van der Waals surface area contributed by atoms with Gasteiger partial charge in [-0.25, -0.2) is 4.39 Å². The van der Waals surface area contributed by atoms with Crippen molar-refractivity contribution in [3.63, 3.8) is 0 Å². The average molecular weight is 223 g/mol. The maximum absolute atomic E-state index is 13.3. The van der Waals surface area contributed by atoms with Gasteiger partial charge in [0.15, 0.2) is 0 Å². The number of nitrogens with one attached hydrogen (secondary N) is 1. The Bertz CT molecular complexity index is 363. The molecular formula is C13H18FNO. The Balaban J connectivity index is 2.63. The molecule has 3 heteroatoms. The van der Waals surface area contributed by atoms with E-state index < -0.39 is 5.82 Å². The number of rotatable bonds is 4. The third-order valence-electron chi connectivity index (χ3n) is 2.32. The van der Waals surface area contributed by atoms with Gasteiger partial charge in [-0.15, -0.1) is 0 Å². The molecule has 1 aromatic carbocycles. The average Bonchev–Trinajstić information content (AvgIpc) is 2.16. The summed E-state index contributed by atoms with van der Waals surface area (Å²) in [5, 5.41) is 2.79. The molecule has 0 heterocycles. The number of amides is 1. The molecule has 0 aliphatic heterocycles. The van der Waals surface area contributed by atoms with Gasteiger partial charge >= 0.3 is 0 Å². The smallest absolute Gasteiger partial charge is 0.254 e. The zero-order valence-corrected chi connectivity index (χ0v) is 9.96. The van der Waals surface area contributed by atoms with E-state index in [0.717, 1.165) is 6.42 Å². The molecule has 0 radical (unpaired) electrons. The van der Waals surface area contributed by atoms with Crippen LogP contribution in [0.1, 0.15) is 37.6 Å². The van der Waals surface area contributed by atoms with Crippen LogP contribution in [0.4, 0.5) is 4.39 Å². The fourth-order valence-corrected chi connectivity index (χ4v) is 1.71. The monoisotopic (exact) mass is 223 g/mol. The van der Waals surface area contributed by atoms with Crippen LogP contribution in [0.3, 0.4) is 0 Å². The van der Waals surface area contributed by atoms with Crippen LogP contribution >= 0.6 is 0 Å². The van der Waals surface area contributed by atoms with Crippen molar-refractivity contribution in [1.82, 2.24) is 5.32 Å². The molecule has 0 unspecified atom stereocenters. The molecule has 1 rings (SSSR count). The number of carbonyl (C=O) groups excluding carboxylic acids is 1. The summed E-state index contributed by atoms with van der Waals surface area (Å²) in [5.41, 5.74) is 0.109. The van der Waals surface area contributed by atoms with Gasteiger partial charge in [0.05, 0.1) is 5.56 Å². The summed E-state index contributed by atoms with van der Waals surface area (Å²) in [6, 6.07) is 6.08. The Kier molecular flexibility index (Phi) is 4.47. The van der Waals surface area contributed by atoms with Crippen molar-refractivity contribution in [3.8, 4) is 0 Å². The Labute approximate surface area is 95.9 Å². The lowest BCUT2D eigenvalue weighted by Gasteiger charge is -2.16. The van der Waals surface area contributed by atoms with Gasteiger partial charge in [-0.3, -0.25) is 4.79 Å². The highest BCUT2D eigenvalue weighted by atomic mass is 19.1. The first kappa shape index (κ1) is 12.7. The molecule has 0 saturated carbocycles. The summed E-state index contributed by atoms with van der Waals surface area (Å²) in [5.74, 6) is -0.307. The van der Waals surface area contributed by atoms with Crippen molar-refractivity contribution in [1.29, 1.82) is 0 Å². The largest absolute Gasteiger partial charge is 0.349 e. The van der Waals surface area contributed by atoms with Gasteiger partial charge in [0.2, 0.25) is 0 Å². The highest BCUT2D eigenvalue weighted by molar-refractivity contribution is 5.94. The van der Waals surface area contributed by atoms with Crippen molar-refractivity contribution < 1.29 is 9.18 Å². The van der Waals surface area contributed by atoms with Gasteiger partial charge in [0.25, 0.3) is 5.91 Å². The summed E-state index contributed by atoms with van der Waals surface area (Å²) >= 11 is 0. The molecule has 0 aliphatic rings. The van der Waals surface area contributed by atoms with Crippen LogP contribution < -0.4 is 5.32 Å². The minimum absolute atomic E-state index is 0.0621. The number of carbonyl (C=O) groups is 1. The predicted molar refractivity (Wildman–Crippen MR) is 62.8 cm³/mol. The molecule has 0 spiro atoms. The second-order valence-electron chi connectivity index (χ2n) is 4.48. The van der Waals surface area contributed by atoms with Gasteiger partial charge in [-0.2, -0.15) is 0 Å². The van der Waals surface area contributed by atoms with Gasteiger partial charge in [0.1, 0.15) is 5.82 Å². The molecule has 0 bridgehead atoms. The van der Waals surface area contributed by atoms with Crippen LogP contribution in [0.15, 0.2) is 24.3 Å². The van der Waals surface area contributed by atoms with E-state index >= 15 is 0 Å². The molecular weight excluding hydrogens is 205 g/mol. The summed E-state index contributed by atoms with van der Waals surface area (Å²) in [7, 11) is 0. The maximum Gasteiger partial charge on any atom is 0.254 e. The van der Waals surface area contributed by atoms with Gasteiger partial charge in [0, 0.05) is 6.04 Å². The zero-order chi connectivity index (χ0) is 12.1. The summed E-state index contributed by atoms with van der Waals surface area (Å²) in [6.07, 6.45) is 0.889. The number of benzene rings is 1. The van der Waals surface area contributed by atoms with Gasteiger partial charge < -0.3 is 5.32 Å². The molecule has 0 aromatic heterocycles. The number of halogens is 1. The second-order valence-corrected chi connectivity index (χ2v) is 4.48.